The Morgan fingerprint density at radius 3 is 2.44 bits per heavy atom. The van der Waals surface area contributed by atoms with Gasteiger partial charge in [-0.05, 0) is 48.6 Å². The van der Waals surface area contributed by atoms with Crippen LogP contribution in [-0.2, 0) is 14.4 Å². The zero-order chi connectivity index (χ0) is 19.4. The van der Waals surface area contributed by atoms with Crippen molar-refractivity contribution >= 4 is 58.3 Å². The highest BCUT2D eigenvalue weighted by atomic mass is 32.1. The van der Waals surface area contributed by atoms with E-state index in [9.17, 15) is 14.4 Å². The van der Waals surface area contributed by atoms with Crippen molar-refractivity contribution in [2.75, 3.05) is 10.2 Å². The summed E-state index contributed by atoms with van der Waals surface area (Å²) in [5.74, 6) is -2.25. The lowest BCUT2D eigenvalue weighted by Gasteiger charge is -2.30. The first-order valence-electron chi connectivity index (χ1n) is 8.11. The van der Waals surface area contributed by atoms with E-state index in [0.29, 0.717) is 17.1 Å². The van der Waals surface area contributed by atoms with Gasteiger partial charge in [0.25, 0.3) is 5.91 Å². The number of amides is 3. The summed E-state index contributed by atoms with van der Waals surface area (Å²) in [4.78, 5) is 41.5. The maximum Gasteiger partial charge on any atom is 0.251 e. The molecule has 8 heteroatoms. The van der Waals surface area contributed by atoms with Crippen LogP contribution < -0.4 is 15.5 Å². The number of hydrogen-bond donors (Lipinski definition) is 2. The molecule has 2 N–H and O–H groups in total. The van der Waals surface area contributed by atoms with Crippen molar-refractivity contribution in [2.45, 2.75) is 6.92 Å². The lowest BCUT2D eigenvalue weighted by Crippen LogP contribution is -2.58. The number of nitrogens with one attached hydrogen (secondary N) is 2. The van der Waals surface area contributed by atoms with E-state index in [-0.39, 0.29) is 11.0 Å². The molecule has 1 aliphatic rings. The standard InChI is InChI=1S/C19H16N4O3S/c1-12(24)21-14-9-7-13(8-10-14)20-11-16-17(25)22-19(27)23(18(16)26)15-5-3-2-4-6-15/h2-11,16H,1H3,(H,21,24)(H,22,25,27)/t16-/m1/s1. The van der Waals surface area contributed by atoms with E-state index in [1.54, 1.807) is 48.5 Å². The smallest absolute Gasteiger partial charge is 0.251 e. The molecule has 0 aliphatic carbocycles. The van der Waals surface area contributed by atoms with Gasteiger partial charge in [-0.3, -0.25) is 24.3 Å². The molecule has 0 radical (unpaired) electrons. The summed E-state index contributed by atoms with van der Waals surface area (Å²) in [6.45, 7) is 1.42. The Morgan fingerprint density at radius 1 is 1.15 bits per heavy atom. The van der Waals surface area contributed by atoms with E-state index < -0.39 is 17.7 Å². The largest absolute Gasteiger partial charge is 0.326 e. The van der Waals surface area contributed by atoms with Crippen LogP contribution >= 0.6 is 12.2 Å². The molecular weight excluding hydrogens is 364 g/mol. The number of aliphatic imine (C=N–C) groups is 1. The first-order chi connectivity index (χ1) is 13.0. The van der Waals surface area contributed by atoms with Gasteiger partial charge in [0.2, 0.25) is 11.8 Å². The number of hydrogen-bond acceptors (Lipinski definition) is 5. The summed E-state index contributed by atoms with van der Waals surface area (Å²) >= 11 is 5.14. The molecule has 3 rings (SSSR count). The third kappa shape index (κ3) is 4.24. The Hall–Kier alpha value is -3.39. The van der Waals surface area contributed by atoms with Gasteiger partial charge in [-0.15, -0.1) is 0 Å². The second-order valence-corrected chi connectivity index (χ2v) is 6.17. The Bertz CT molecular complexity index is 926. The zero-order valence-corrected chi connectivity index (χ0v) is 15.2. The van der Waals surface area contributed by atoms with Gasteiger partial charge in [0.1, 0.15) is 0 Å². The normalized spacial score (nSPS) is 17.1. The quantitative estimate of drug-likeness (QED) is 0.484. The van der Waals surface area contributed by atoms with Gasteiger partial charge < -0.3 is 10.6 Å². The minimum atomic E-state index is -1.09. The molecule has 27 heavy (non-hydrogen) atoms. The molecule has 0 bridgehead atoms. The Labute approximate surface area is 161 Å². The second-order valence-electron chi connectivity index (χ2n) is 5.79. The van der Waals surface area contributed by atoms with Crippen molar-refractivity contribution in [3.05, 3.63) is 54.6 Å². The molecule has 0 aromatic heterocycles. The zero-order valence-electron chi connectivity index (χ0n) is 14.4. The molecular formula is C19H16N4O3S. The highest BCUT2D eigenvalue weighted by molar-refractivity contribution is 7.80. The number of anilines is 2. The van der Waals surface area contributed by atoms with Crippen LogP contribution in [0.5, 0.6) is 0 Å². The van der Waals surface area contributed by atoms with Crippen molar-refractivity contribution in [3.63, 3.8) is 0 Å². The first-order valence-corrected chi connectivity index (χ1v) is 8.52. The molecule has 2 aromatic rings. The molecule has 1 fully saturated rings. The van der Waals surface area contributed by atoms with E-state index in [1.165, 1.54) is 18.0 Å². The van der Waals surface area contributed by atoms with Crippen LogP contribution in [0.25, 0.3) is 0 Å². The Morgan fingerprint density at radius 2 is 1.81 bits per heavy atom. The van der Waals surface area contributed by atoms with Crippen LogP contribution in [0.15, 0.2) is 59.6 Å². The lowest BCUT2D eigenvalue weighted by molar-refractivity contribution is -0.130. The summed E-state index contributed by atoms with van der Waals surface area (Å²) in [5.41, 5.74) is 1.75. The van der Waals surface area contributed by atoms with E-state index in [1.807, 2.05) is 6.07 Å². The summed E-state index contributed by atoms with van der Waals surface area (Å²) < 4.78 is 0. The van der Waals surface area contributed by atoms with Gasteiger partial charge >= 0.3 is 0 Å². The number of thiocarbonyl (C=S) groups is 1. The predicted octanol–water partition coefficient (Wildman–Crippen LogP) is 2.41. The molecule has 7 nitrogen and oxygen atoms in total. The predicted molar refractivity (Wildman–Crippen MR) is 107 cm³/mol. The van der Waals surface area contributed by atoms with Crippen LogP contribution in [0.2, 0.25) is 0 Å². The lowest BCUT2D eigenvalue weighted by atomic mass is 10.1. The highest BCUT2D eigenvalue weighted by Crippen LogP contribution is 2.21. The van der Waals surface area contributed by atoms with Crippen LogP contribution in [0.4, 0.5) is 17.1 Å². The fraction of sp³-hybridized carbons (Fsp3) is 0.105. The molecule has 0 saturated carbocycles. The molecule has 1 saturated heterocycles. The van der Waals surface area contributed by atoms with Gasteiger partial charge in [0, 0.05) is 18.8 Å². The van der Waals surface area contributed by atoms with Gasteiger partial charge in [0.15, 0.2) is 11.0 Å². The van der Waals surface area contributed by atoms with Crippen molar-refractivity contribution in [2.24, 2.45) is 10.9 Å². The number of rotatable bonds is 4. The molecule has 136 valence electrons. The van der Waals surface area contributed by atoms with E-state index >= 15 is 0 Å². The Kier molecular flexibility index (Phi) is 5.37. The van der Waals surface area contributed by atoms with Crippen molar-refractivity contribution in [1.29, 1.82) is 0 Å². The summed E-state index contributed by atoms with van der Waals surface area (Å²) in [7, 11) is 0. The molecule has 1 heterocycles. The minimum absolute atomic E-state index is 0.0421. The molecule has 1 atom stereocenters. The van der Waals surface area contributed by atoms with Crippen LogP contribution in [0.1, 0.15) is 6.92 Å². The van der Waals surface area contributed by atoms with E-state index in [4.69, 9.17) is 12.2 Å². The van der Waals surface area contributed by atoms with Crippen LogP contribution in [0.3, 0.4) is 0 Å². The Balaban J connectivity index is 1.79. The molecule has 0 spiro atoms. The van der Waals surface area contributed by atoms with Gasteiger partial charge in [-0.2, -0.15) is 0 Å². The van der Waals surface area contributed by atoms with Crippen molar-refractivity contribution in [3.8, 4) is 0 Å². The average molecular weight is 380 g/mol. The minimum Gasteiger partial charge on any atom is -0.326 e. The summed E-state index contributed by atoms with van der Waals surface area (Å²) in [6.07, 6.45) is 1.29. The summed E-state index contributed by atoms with van der Waals surface area (Å²) in [5, 5.41) is 5.23. The summed E-state index contributed by atoms with van der Waals surface area (Å²) in [6, 6.07) is 15.6. The number of para-hydroxylation sites is 1. The SMILES string of the molecule is CC(=O)Nc1ccc(N=C[C@@H]2C(=O)NC(=S)N(c3ccccc3)C2=O)cc1. The van der Waals surface area contributed by atoms with Gasteiger partial charge in [0.05, 0.1) is 11.4 Å². The molecule has 1 aliphatic heterocycles. The molecule has 3 amide bonds. The number of carbonyl (C=O) groups is 3. The number of benzene rings is 2. The number of nitrogens with zero attached hydrogens (tertiary/aromatic N) is 2. The van der Waals surface area contributed by atoms with Crippen LogP contribution in [0, 0.1) is 5.92 Å². The molecule has 2 aromatic carbocycles. The maximum atomic E-state index is 12.8. The van der Waals surface area contributed by atoms with Gasteiger partial charge in [-0.25, -0.2) is 0 Å². The highest BCUT2D eigenvalue weighted by Gasteiger charge is 2.38. The van der Waals surface area contributed by atoms with Gasteiger partial charge in [-0.1, -0.05) is 18.2 Å². The second kappa shape index (κ2) is 7.88. The topological polar surface area (TPSA) is 90.9 Å². The third-order valence-corrected chi connectivity index (χ3v) is 4.06. The van der Waals surface area contributed by atoms with E-state index in [2.05, 4.69) is 15.6 Å². The fourth-order valence-electron chi connectivity index (χ4n) is 2.54. The maximum absolute atomic E-state index is 12.8. The van der Waals surface area contributed by atoms with E-state index in [0.717, 1.165) is 0 Å². The monoisotopic (exact) mass is 380 g/mol. The third-order valence-electron chi connectivity index (χ3n) is 3.78. The van der Waals surface area contributed by atoms with Crippen molar-refractivity contribution in [1.82, 2.24) is 5.32 Å². The fourth-order valence-corrected chi connectivity index (χ4v) is 2.83. The average Bonchev–Trinajstić information content (AvgIpc) is 2.63. The first kappa shape index (κ1) is 18.4. The van der Waals surface area contributed by atoms with Crippen molar-refractivity contribution < 1.29 is 14.4 Å². The molecule has 0 unspecified atom stereocenters. The number of carbonyl (C=O) groups excluding carboxylic acids is 3. The van der Waals surface area contributed by atoms with Crippen LogP contribution in [-0.4, -0.2) is 29.0 Å².